The van der Waals surface area contributed by atoms with Gasteiger partial charge in [-0.1, -0.05) is 61.9 Å². The van der Waals surface area contributed by atoms with E-state index in [9.17, 15) is 18.0 Å². The molecule has 0 saturated heterocycles. The third-order valence-electron chi connectivity index (χ3n) is 6.45. The molecule has 0 unspecified atom stereocenters. The number of carbonyl (C=O) groups excluding carboxylic acids is 2. The second kappa shape index (κ2) is 14.3. The van der Waals surface area contributed by atoms with Crippen LogP contribution >= 0.6 is 0 Å². The Balaban J connectivity index is 1.35. The van der Waals surface area contributed by atoms with Crippen molar-refractivity contribution in [3.8, 4) is 5.75 Å². The van der Waals surface area contributed by atoms with Crippen LogP contribution in [0.2, 0.25) is 0 Å². The van der Waals surface area contributed by atoms with Gasteiger partial charge < -0.3 is 10.1 Å². The van der Waals surface area contributed by atoms with E-state index in [4.69, 9.17) is 4.74 Å². The van der Waals surface area contributed by atoms with Crippen LogP contribution in [0.25, 0.3) is 0 Å². The molecule has 0 aliphatic heterocycles. The van der Waals surface area contributed by atoms with Gasteiger partial charge in [-0.05, 0) is 84.6 Å². The number of hydrogen-bond donors (Lipinski definition) is 2. The number of rotatable bonds is 12. The lowest BCUT2D eigenvalue weighted by molar-refractivity contribution is -0.119. The number of aryl methyl sites for hydroxylation is 1. The minimum Gasteiger partial charge on any atom is -0.484 e. The van der Waals surface area contributed by atoms with Gasteiger partial charge in [-0.15, -0.1) is 0 Å². The normalized spacial score (nSPS) is 11.3. The topological polar surface area (TPSA) is 117 Å². The second-order valence-electron chi connectivity index (χ2n) is 10.1. The van der Waals surface area contributed by atoms with E-state index in [1.807, 2.05) is 57.2 Å². The fourth-order valence-corrected chi connectivity index (χ4v) is 5.48. The molecule has 0 aliphatic rings. The minimum absolute atomic E-state index is 0.0779. The first-order valence-corrected chi connectivity index (χ1v) is 15.1. The number of hydrogen-bond acceptors (Lipinski definition) is 6. The van der Waals surface area contributed by atoms with Crippen LogP contribution in [0.1, 0.15) is 36.5 Å². The molecule has 9 nitrogen and oxygen atoms in total. The van der Waals surface area contributed by atoms with Crippen LogP contribution in [0.3, 0.4) is 0 Å². The van der Waals surface area contributed by atoms with Gasteiger partial charge in [-0.3, -0.25) is 13.9 Å². The van der Waals surface area contributed by atoms with Crippen LogP contribution in [-0.2, 0) is 19.6 Å². The van der Waals surface area contributed by atoms with Gasteiger partial charge in [0.15, 0.2) is 6.61 Å². The van der Waals surface area contributed by atoms with Crippen molar-refractivity contribution >= 4 is 39.4 Å². The third kappa shape index (κ3) is 8.76. The van der Waals surface area contributed by atoms with Crippen molar-refractivity contribution in [2.75, 3.05) is 22.8 Å². The quantitative estimate of drug-likeness (QED) is 0.165. The summed E-state index contributed by atoms with van der Waals surface area (Å²) in [5.74, 6) is -0.125. The molecule has 4 aromatic rings. The summed E-state index contributed by atoms with van der Waals surface area (Å²) in [6, 6.07) is 29.3. The number of amides is 2. The molecule has 0 spiro atoms. The van der Waals surface area contributed by atoms with Gasteiger partial charge >= 0.3 is 0 Å². The van der Waals surface area contributed by atoms with E-state index in [0.717, 1.165) is 15.4 Å². The van der Waals surface area contributed by atoms with Crippen LogP contribution < -0.4 is 19.8 Å². The van der Waals surface area contributed by atoms with E-state index < -0.39 is 22.5 Å². The number of carbonyl (C=O) groups is 2. The van der Waals surface area contributed by atoms with E-state index in [1.165, 1.54) is 18.3 Å². The Hall–Kier alpha value is -4.96. The molecule has 4 rings (SSSR count). The highest BCUT2D eigenvalue weighted by Gasteiger charge is 2.27. The van der Waals surface area contributed by atoms with Crippen LogP contribution in [-0.4, -0.2) is 39.6 Å². The SMILES string of the molecule is Cc1ccc(NC(=O)COc2ccc(/C=N\NC(=O)CN(c3ccc(C(C)C)cc3)S(=O)(=O)c3ccccc3)cc2)cc1. The van der Waals surface area contributed by atoms with Gasteiger partial charge in [0.05, 0.1) is 16.8 Å². The minimum atomic E-state index is -4.02. The Bertz CT molecular complexity index is 1650. The molecular weight excluding hydrogens is 564 g/mol. The number of anilines is 2. The average molecular weight is 599 g/mol. The lowest BCUT2D eigenvalue weighted by atomic mass is 10.0. The van der Waals surface area contributed by atoms with E-state index in [0.29, 0.717) is 22.7 Å². The Morgan fingerprint density at radius 2 is 1.51 bits per heavy atom. The summed E-state index contributed by atoms with van der Waals surface area (Å²) >= 11 is 0. The summed E-state index contributed by atoms with van der Waals surface area (Å²) in [6.07, 6.45) is 1.43. The summed E-state index contributed by atoms with van der Waals surface area (Å²) in [7, 11) is -4.02. The number of sulfonamides is 1. The van der Waals surface area contributed by atoms with Crippen molar-refractivity contribution in [2.45, 2.75) is 31.6 Å². The van der Waals surface area contributed by atoms with Gasteiger partial charge in [0.2, 0.25) is 0 Å². The largest absolute Gasteiger partial charge is 0.484 e. The zero-order valence-electron chi connectivity index (χ0n) is 24.2. The standard InChI is InChI=1S/C33H34N4O5S/c1-24(2)27-13-17-29(18-14-27)37(43(40,41)31-7-5-4-6-8-31)22-32(38)36-34-21-26-11-19-30(20-12-26)42-23-33(39)35-28-15-9-25(3)10-16-28/h4-21,24H,22-23H2,1-3H3,(H,35,39)(H,36,38)/b34-21-. The Kier molecular flexibility index (Phi) is 10.3. The third-order valence-corrected chi connectivity index (χ3v) is 8.24. The lowest BCUT2D eigenvalue weighted by Gasteiger charge is -2.24. The first kappa shape index (κ1) is 31.0. The highest BCUT2D eigenvalue weighted by molar-refractivity contribution is 7.92. The monoisotopic (exact) mass is 598 g/mol. The van der Waals surface area contributed by atoms with Crippen molar-refractivity contribution in [1.29, 1.82) is 0 Å². The molecule has 222 valence electrons. The van der Waals surface area contributed by atoms with Gasteiger partial charge in [0.1, 0.15) is 12.3 Å². The summed E-state index contributed by atoms with van der Waals surface area (Å²) in [4.78, 5) is 25.1. The molecule has 0 saturated carbocycles. The van der Waals surface area contributed by atoms with Crippen molar-refractivity contribution in [3.63, 3.8) is 0 Å². The molecule has 2 amide bonds. The molecule has 0 atom stereocenters. The molecule has 0 bridgehead atoms. The molecule has 0 fully saturated rings. The second-order valence-corrected chi connectivity index (χ2v) is 12.0. The van der Waals surface area contributed by atoms with E-state index in [2.05, 4.69) is 15.8 Å². The van der Waals surface area contributed by atoms with Crippen molar-refractivity contribution in [2.24, 2.45) is 5.10 Å². The van der Waals surface area contributed by atoms with Crippen LogP contribution in [0.15, 0.2) is 113 Å². The zero-order valence-corrected chi connectivity index (χ0v) is 25.0. The van der Waals surface area contributed by atoms with Crippen LogP contribution in [0.4, 0.5) is 11.4 Å². The predicted molar refractivity (Wildman–Crippen MR) is 169 cm³/mol. The van der Waals surface area contributed by atoms with Crippen molar-refractivity contribution in [3.05, 3.63) is 120 Å². The number of hydrazone groups is 1. The molecule has 0 heterocycles. The molecule has 0 aliphatic carbocycles. The molecular formula is C33H34N4O5S. The molecule has 0 radical (unpaired) electrons. The summed E-state index contributed by atoms with van der Waals surface area (Å²) in [5.41, 5.74) is 6.28. The average Bonchev–Trinajstić information content (AvgIpc) is 3.01. The van der Waals surface area contributed by atoms with Gasteiger partial charge in [-0.25, -0.2) is 13.8 Å². The molecule has 10 heteroatoms. The first-order chi connectivity index (χ1) is 20.6. The smallest absolute Gasteiger partial charge is 0.264 e. The summed E-state index contributed by atoms with van der Waals surface area (Å²) < 4.78 is 33.6. The van der Waals surface area contributed by atoms with Crippen molar-refractivity contribution < 1.29 is 22.7 Å². The maximum atomic E-state index is 13.5. The lowest BCUT2D eigenvalue weighted by Crippen LogP contribution is -2.39. The van der Waals surface area contributed by atoms with E-state index >= 15 is 0 Å². The van der Waals surface area contributed by atoms with E-state index in [1.54, 1.807) is 54.6 Å². The Morgan fingerprint density at radius 3 is 2.14 bits per heavy atom. The van der Waals surface area contributed by atoms with Gasteiger partial charge in [-0.2, -0.15) is 5.10 Å². The summed E-state index contributed by atoms with van der Waals surface area (Å²) in [6.45, 7) is 5.45. The number of benzene rings is 4. The zero-order chi connectivity index (χ0) is 30.8. The highest BCUT2D eigenvalue weighted by Crippen LogP contribution is 2.25. The number of nitrogens with zero attached hydrogens (tertiary/aromatic N) is 2. The highest BCUT2D eigenvalue weighted by atomic mass is 32.2. The maximum Gasteiger partial charge on any atom is 0.264 e. The molecule has 43 heavy (non-hydrogen) atoms. The van der Waals surface area contributed by atoms with Gasteiger partial charge in [0.25, 0.3) is 21.8 Å². The van der Waals surface area contributed by atoms with Crippen LogP contribution in [0, 0.1) is 6.92 Å². The summed E-state index contributed by atoms with van der Waals surface area (Å²) in [5, 5.41) is 6.76. The molecule has 4 aromatic carbocycles. The number of ether oxygens (including phenoxy) is 1. The maximum absolute atomic E-state index is 13.5. The molecule has 2 N–H and O–H groups in total. The predicted octanol–water partition coefficient (Wildman–Crippen LogP) is 5.48. The fraction of sp³-hybridized carbons (Fsp3) is 0.182. The first-order valence-electron chi connectivity index (χ1n) is 13.7. The fourth-order valence-electron chi connectivity index (χ4n) is 4.04. The van der Waals surface area contributed by atoms with Crippen molar-refractivity contribution in [1.82, 2.24) is 5.43 Å². The van der Waals surface area contributed by atoms with E-state index in [-0.39, 0.29) is 23.3 Å². The molecule has 0 aromatic heterocycles. The van der Waals surface area contributed by atoms with Crippen LogP contribution in [0.5, 0.6) is 5.75 Å². The number of nitrogens with one attached hydrogen (secondary N) is 2. The Labute approximate surface area is 252 Å². The Morgan fingerprint density at radius 1 is 0.860 bits per heavy atom. The van der Waals surface area contributed by atoms with Gasteiger partial charge in [0, 0.05) is 5.69 Å².